The van der Waals surface area contributed by atoms with E-state index in [2.05, 4.69) is 10.0 Å². The highest BCUT2D eigenvalue weighted by Gasteiger charge is 2.14. The first kappa shape index (κ1) is 22.1. The lowest BCUT2D eigenvalue weighted by atomic mass is 10.1. The van der Waals surface area contributed by atoms with Gasteiger partial charge in [0.2, 0.25) is 0 Å². The molecule has 0 heterocycles. The fourth-order valence-corrected chi connectivity index (χ4v) is 3.79. The van der Waals surface area contributed by atoms with Gasteiger partial charge in [0.15, 0.2) is 0 Å². The van der Waals surface area contributed by atoms with Crippen LogP contribution in [0.2, 0.25) is 0 Å². The van der Waals surface area contributed by atoms with Gasteiger partial charge >= 0.3 is 0 Å². The number of sulfonamides is 1. The molecule has 0 aliphatic rings. The summed E-state index contributed by atoms with van der Waals surface area (Å²) >= 11 is 0. The third-order valence-electron chi connectivity index (χ3n) is 4.52. The number of benzene rings is 3. The fourth-order valence-electron chi connectivity index (χ4n) is 2.90. The Morgan fingerprint density at radius 3 is 2.32 bits per heavy atom. The number of ether oxygens (including phenoxy) is 1. The van der Waals surface area contributed by atoms with Crippen LogP contribution in [0.4, 0.5) is 5.69 Å². The van der Waals surface area contributed by atoms with Crippen molar-refractivity contribution in [2.45, 2.75) is 6.42 Å². The van der Waals surface area contributed by atoms with E-state index in [0.29, 0.717) is 13.0 Å². The zero-order valence-electron chi connectivity index (χ0n) is 17.1. The van der Waals surface area contributed by atoms with Crippen molar-refractivity contribution in [1.82, 2.24) is 5.32 Å². The van der Waals surface area contributed by atoms with E-state index in [1.807, 2.05) is 42.5 Å². The van der Waals surface area contributed by atoms with E-state index in [9.17, 15) is 13.2 Å². The first-order valence-electron chi connectivity index (χ1n) is 9.73. The molecule has 0 fully saturated rings. The highest BCUT2D eigenvalue weighted by atomic mass is 32.2. The molecule has 3 aromatic carbocycles. The summed E-state index contributed by atoms with van der Waals surface area (Å²) in [5.74, 6) is 0.425. The molecule has 0 unspecified atom stereocenters. The average Bonchev–Trinajstić information content (AvgIpc) is 2.79. The minimum Gasteiger partial charge on any atom is -0.497 e. The Bertz CT molecular complexity index is 1140. The van der Waals surface area contributed by atoms with Crippen LogP contribution < -0.4 is 14.8 Å². The standard InChI is InChI=1S/C24H24N2O4S/c1-30-21-13-11-20(12-14-21)15-17-25-24(27)22-9-5-6-10-23(22)26-31(28,29)18-16-19-7-3-2-4-8-19/h2-14,16,18,26H,15,17H2,1H3,(H,25,27)/b18-16+. The summed E-state index contributed by atoms with van der Waals surface area (Å²) in [6.45, 7) is 0.417. The lowest BCUT2D eigenvalue weighted by Crippen LogP contribution is -2.27. The largest absolute Gasteiger partial charge is 0.497 e. The molecule has 0 bridgehead atoms. The van der Waals surface area contributed by atoms with Crippen LogP contribution >= 0.6 is 0 Å². The summed E-state index contributed by atoms with van der Waals surface area (Å²) in [6, 6.07) is 23.2. The SMILES string of the molecule is COc1ccc(CCNC(=O)c2ccccc2NS(=O)(=O)/C=C/c2ccccc2)cc1. The maximum Gasteiger partial charge on any atom is 0.255 e. The molecule has 0 radical (unpaired) electrons. The number of hydrogen-bond acceptors (Lipinski definition) is 4. The Hall–Kier alpha value is -3.58. The van der Waals surface area contributed by atoms with Gasteiger partial charge in [-0.15, -0.1) is 0 Å². The third kappa shape index (κ3) is 6.72. The lowest BCUT2D eigenvalue weighted by molar-refractivity contribution is 0.0955. The molecule has 7 heteroatoms. The second-order valence-corrected chi connectivity index (χ2v) is 8.33. The number of hydrogen-bond donors (Lipinski definition) is 2. The summed E-state index contributed by atoms with van der Waals surface area (Å²) in [5, 5.41) is 3.92. The topological polar surface area (TPSA) is 84.5 Å². The van der Waals surface area contributed by atoms with E-state index in [-0.39, 0.29) is 17.2 Å². The van der Waals surface area contributed by atoms with E-state index < -0.39 is 10.0 Å². The summed E-state index contributed by atoms with van der Waals surface area (Å²) in [4.78, 5) is 12.6. The fraction of sp³-hybridized carbons (Fsp3) is 0.125. The van der Waals surface area contributed by atoms with Gasteiger partial charge in [-0.25, -0.2) is 8.42 Å². The molecule has 2 N–H and O–H groups in total. The smallest absolute Gasteiger partial charge is 0.255 e. The number of amides is 1. The molecule has 6 nitrogen and oxygen atoms in total. The van der Waals surface area contributed by atoms with E-state index in [0.717, 1.165) is 22.3 Å². The summed E-state index contributed by atoms with van der Waals surface area (Å²) in [6.07, 6.45) is 2.14. The molecular weight excluding hydrogens is 412 g/mol. The highest BCUT2D eigenvalue weighted by molar-refractivity contribution is 7.95. The number of para-hydroxylation sites is 1. The minimum absolute atomic E-state index is 0.224. The third-order valence-corrected chi connectivity index (χ3v) is 5.52. The van der Waals surface area contributed by atoms with E-state index >= 15 is 0 Å². The Morgan fingerprint density at radius 1 is 0.935 bits per heavy atom. The first-order valence-corrected chi connectivity index (χ1v) is 11.3. The zero-order chi connectivity index (χ0) is 22.1. The van der Waals surface area contributed by atoms with Crippen LogP contribution in [0.25, 0.3) is 6.08 Å². The number of anilines is 1. The summed E-state index contributed by atoms with van der Waals surface area (Å²) < 4.78 is 32.5. The maximum atomic E-state index is 12.6. The molecule has 1 amide bonds. The minimum atomic E-state index is -3.78. The molecule has 31 heavy (non-hydrogen) atoms. The summed E-state index contributed by atoms with van der Waals surface area (Å²) in [7, 11) is -2.17. The van der Waals surface area contributed by atoms with Crippen LogP contribution in [-0.4, -0.2) is 28.0 Å². The maximum absolute atomic E-state index is 12.6. The Kier molecular flexibility index (Phi) is 7.45. The van der Waals surface area contributed by atoms with Crippen molar-refractivity contribution in [3.05, 3.63) is 101 Å². The molecule has 3 aromatic rings. The number of carbonyl (C=O) groups excluding carboxylic acids is 1. The van der Waals surface area contributed by atoms with Crippen LogP contribution in [0.1, 0.15) is 21.5 Å². The van der Waals surface area contributed by atoms with Crippen molar-refractivity contribution >= 4 is 27.7 Å². The molecule has 0 aromatic heterocycles. The van der Waals surface area contributed by atoms with Gasteiger partial charge < -0.3 is 10.1 Å². The molecule has 0 aliphatic carbocycles. The molecular formula is C24H24N2O4S. The second kappa shape index (κ2) is 10.4. The molecule has 0 spiro atoms. The normalized spacial score (nSPS) is 11.3. The van der Waals surface area contributed by atoms with Gasteiger partial charge in [-0.2, -0.15) is 0 Å². The molecule has 3 rings (SSSR count). The Morgan fingerprint density at radius 2 is 1.61 bits per heavy atom. The molecule has 0 saturated heterocycles. The molecule has 160 valence electrons. The van der Waals surface area contributed by atoms with Gasteiger partial charge in [0.05, 0.1) is 23.8 Å². The van der Waals surface area contributed by atoms with Crippen molar-refractivity contribution in [2.75, 3.05) is 18.4 Å². The Balaban J connectivity index is 1.63. The molecule has 0 saturated carbocycles. The molecule has 0 aliphatic heterocycles. The van der Waals surface area contributed by atoms with Gasteiger partial charge in [0.1, 0.15) is 5.75 Å². The predicted molar refractivity (Wildman–Crippen MR) is 123 cm³/mol. The average molecular weight is 437 g/mol. The van der Waals surface area contributed by atoms with Gasteiger partial charge in [0.25, 0.3) is 15.9 Å². The van der Waals surface area contributed by atoms with Crippen molar-refractivity contribution in [1.29, 1.82) is 0 Å². The Labute approximate surface area is 182 Å². The van der Waals surface area contributed by atoms with Crippen LogP contribution in [0.3, 0.4) is 0 Å². The lowest BCUT2D eigenvalue weighted by Gasteiger charge is -2.11. The van der Waals surface area contributed by atoms with Crippen molar-refractivity contribution in [3.63, 3.8) is 0 Å². The summed E-state index contributed by atoms with van der Waals surface area (Å²) in [5.41, 5.74) is 2.30. The number of carbonyl (C=O) groups is 1. The monoisotopic (exact) mass is 436 g/mol. The second-order valence-electron chi connectivity index (χ2n) is 6.76. The van der Waals surface area contributed by atoms with Crippen molar-refractivity contribution in [2.24, 2.45) is 0 Å². The number of nitrogens with one attached hydrogen (secondary N) is 2. The number of methoxy groups -OCH3 is 1. The van der Waals surface area contributed by atoms with Gasteiger partial charge in [-0.05, 0) is 47.9 Å². The van der Waals surface area contributed by atoms with Gasteiger partial charge in [0, 0.05) is 6.54 Å². The van der Waals surface area contributed by atoms with Crippen LogP contribution in [0, 0.1) is 0 Å². The first-order chi connectivity index (χ1) is 15.0. The van der Waals surface area contributed by atoms with Crippen LogP contribution in [-0.2, 0) is 16.4 Å². The highest BCUT2D eigenvalue weighted by Crippen LogP contribution is 2.18. The van der Waals surface area contributed by atoms with Crippen molar-refractivity contribution in [3.8, 4) is 5.75 Å². The van der Waals surface area contributed by atoms with Crippen molar-refractivity contribution < 1.29 is 17.9 Å². The van der Waals surface area contributed by atoms with E-state index in [1.165, 1.54) is 6.08 Å². The zero-order valence-corrected chi connectivity index (χ0v) is 17.9. The van der Waals surface area contributed by atoms with Crippen LogP contribution in [0.15, 0.2) is 84.3 Å². The van der Waals surface area contributed by atoms with E-state index in [1.54, 1.807) is 43.5 Å². The van der Waals surface area contributed by atoms with E-state index in [4.69, 9.17) is 4.74 Å². The van der Waals surface area contributed by atoms with Gasteiger partial charge in [-0.1, -0.05) is 54.6 Å². The quantitative estimate of drug-likeness (QED) is 0.529. The van der Waals surface area contributed by atoms with Crippen LogP contribution in [0.5, 0.6) is 5.75 Å². The molecule has 0 atom stereocenters. The number of rotatable bonds is 9. The predicted octanol–water partition coefficient (Wildman–Crippen LogP) is 4.08. The van der Waals surface area contributed by atoms with Gasteiger partial charge in [-0.3, -0.25) is 9.52 Å².